The molecule has 1 rings (SSSR count). The second kappa shape index (κ2) is 4.79. The molecule has 8 heteroatoms. The molecule has 1 heterocycles. The van der Waals surface area contributed by atoms with Crippen molar-refractivity contribution in [2.45, 2.75) is 32.7 Å². The third kappa shape index (κ3) is 2.47. The van der Waals surface area contributed by atoms with Gasteiger partial charge in [0.25, 0.3) is 5.91 Å². The highest BCUT2D eigenvalue weighted by Crippen LogP contribution is 2.27. The summed E-state index contributed by atoms with van der Waals surface area (Å²) in [5.41, 5.74) is -1.88. The van der Waals surface area contributed by atoms with Gasteiger partial charge in [-0.15, -0.1) is 0 Å². The van der Waals surface area contributed by atoms with Crippen LogP contribution in [0.4, 0.5) is 0 Å². The van der Waals surface area contributed by atoms with Crippen molar-refractivity contribution in [3.63, 3.8) is 0 Å². The van der Waals surface area contributed by atoms with Gasteiger partial charge in [0, 0.05) is 13.8 Å². The number of hydrogen-bond donors (Lipinski definition) is 1. The molecule has 0 aromatic rings. The Morgan fingerprint density at radius 2 is 1.74 bits per heavy atom. The largest absolute Gasteiger partial charge is 0.481 e. The van der Waals surface area contributed by atoms with Crippen LogP contribution < -0.4 is 0 Å². The van der Waals surface area contributed by atoms with Gasteiger partial charge in [0.2, 0.25) is 17.7 Å². The van der Waals surface area contributed by atoms with E-state index in [-0.39, 0.29) is 0 Å². The van der Waals surface area contributed by atoms with Crippen molar-refractivity contribution in [1.82, 2.24) is 9.80 Å². The molecular weight excluding hydrogens is 256 g/mol. The smallest absolute Gasteiger partial charge is 0.306 e. The van der Waals surface area contributed by atoms with E-state index in [9.17, 15) is 24.0 Å². The van der Waals surface area contributed by atoms with Crippen LogP contribution in [0.3, 0.4) is 0 Å². The Bertz CT molecular complexity index is 486. The van der Waals surface area contributed by atoms with E-state index < -0.39 is 48.1 Å². The zero-order valence-corrected chi connectivity index (χ0v) is 10.8. The van der Waals surface area contributed by atoms with Gasteiger partial charge in [-0.3, -0.25) is 33.8 Å². The second-order valence-electron chi connectivity index (χ2n) is 4.50. The summed E-state index contributed by atoms with van der Waals surface area (Å²) in [5, 5.41) is 8.85. The SMILES string of the molecule is CC(=O)N1CC(=O)N(C(C)=O)[C@@](C)(CC(=O)O)C1=O. The standard InChI is InChI=1S/C11H14N2O6/c1-6(14)12-5-8(16)13(7(2)15)11(3,10(12)19)4-9(17)18/h4-5H2,1-3H3,(H,17,18)/t11-/m0/s1. The molecule has 1 aliphatic rings. The predicted molar refractivity (Wildman–Crippen MR) is 60.6 cm³/mol. The molecule has 1 atom stereocenters. The summed E-state index contributed by atoms with van der Waals surface area (Å²) in [6.07, 6.45) is -0.749. The Hall–Kier alpha value is -2.25. The molecule has 19 heavy (non-hydrogen) atoms. The first-order valence-corrected chi connectivity index (χ1v) is 5.49. The summed E-state index contributed by atoms with van der Waals surface area (Å²) in [5.74, 6) is -4.38. The average molecular weight is 270 g/mol. The van der Waals surface area contributed by atoms with E-state index >= 15 is 0 Å². The zero-order chi connectivity index (χ0) is 15.0. The maximum atomic E-state index is 12.2. The number of carboxylic acid groups (broad SMARTS) is 1. The zero-order valence-electron chi connectivity index (χ0n) is 10.8. The number of imide groups is 2. The lowest BCUT2D eigenvalue weighted by atomic mass is 9.90. The minimum absolute atomic E-state index is 0.553. The lowest BCUT2D eigenvalue weighted by Crippen LogP contribution is -2.69. The van der Waals surface area contributed by atoms with Crippen LogP contribution in [0.2, 0.25) is 0 Å². The number of carboxylic acids is 1. The van der Waals surface area contributed by atoms with E-state index in [2.05, 4.69) is 0 Å². The van der Waals surface area contributed by atoms with E-state index in [0.29, 0.717) is 9.80 Å². The second-order valence-corrected chi connectivity index (χ2v) is 4.50. The Labute approximate surface area is 109 Å². The number of piperazine rings is 1. The molecule has 1 aliphatic heterocycles. The van der Waals surface area contributed by atoms with Crippen molar-refractivity contribution in [3.05, 3.63) is 0 Å². The van der Waals surface area contributed by atoms with Gasteiger partial charge >= 0.3 is 5.97 Å². The quantitative estimate of drug-likeness (QED) is 0.687. The van der Waals surface area contributed by atoms with Crippen molar-refractivity contribution >= 4 is 29.6 Å². The summed E-state index contributed by atoms with van der Waals surface area (Å²) < 4.78 is 0. The average Bonchev–Trinajstić information content (AvgIpc) is 2.21. The molecule has 0 aliphatic carbocycles. The topological polar surface area (TPSA) is 112 Å². The van der Waals surface area contributed by atoms with Crippen LogP contribution >= 0.6 is 0 Å². The van der Waals surface area contributed by atoms with Crippen LogP contribution in [0.15, 0.2) is 0 Å². The molecule has 104 valence electrons. The molecule has 1 saturated heterocycles. The van der Waals surface area contributed by atoms with Crippen molar-refractivity contribution < 1.29 is 29.1 Å². The Morgan fingerprint density at radius 1 is 1.21 bits per heavy atom. The van der Waals surface area contributed by atoms with Gasteiger partial charge in [0.05, 0.1) is 6.42 Å². The molecule has 0 aromatic heterocycles. The van der Waals surface area contributed by atoms with Gasteiger partial charge < -0.3 is 5.11 Å². The predicted octanol–water partition coefficient (Wildman–Crippen LogP) is -1.02. The van der Waals surface area contributed by atoms with E-state index in [0.717, 1.165) is 20.8 Å². The van der Waals surface area contributed by atoms with Crippen molar-refractivity contribution in [2.24, 2.45) is 0 Å². The molecule has 0 saturated carbocycles. The molecule has 0 spiro atoms. The normalized spacial score (nSPS) is 23.5. The summed E-state index contributed by atoms with van der Waals surface area (Å²) in [4.78, 5) is 59.0. The number of hydrogen-bond acceptors (Lipinski definition) is 5. The van der Waals surface area contributed by atoms with E-state index in [1.165, 1.54) is 0 Å². The van der Waals surface area contributed by atoms with Gasteiger partial charge in [-0.05, 0) is 6.92 Å². The fraction of sp³-hybridized carbons (Fsp3) is 0.545. The summed E-state index contributed by atoms with van der Waals surface area (Å²) in [6.45, 7) is 2.77. The van der Waals surface area contributed by atoms with Gasteiger partial charge in [-0.25, -0.2) is 0 Å². The Balaban J connectivity index is 3.32. The van der Waals surface area contributed by atoms with Gasteiger partial charge in [-0.2, -0.15) is 0 Å². The summed E-state index contributed by atoms with van der Waals surface area (Å²) in [7, 11) is 0. The first kappa shape index (κ1) is 14.8. The minimum Gasteiger partial charge on any atom is -0.481 e. The fourth-order valence-corrected chi connectivity index (χ4v) is 2.17. The van der Waals surface area contributed by atoms with Crippen LogP contribution in [0.5, 0.6) is 0 Å². The molecule has 0 bridgehead atoms. The molecule has 0 unspecified atom stereocenters. The third-order valence-electron chi connectivity index (χ3n) is 2.93. The molecule has 8 nitrogen and oxygen atoms in total. The van der Waals surface area contributed by atoms with Crippen LogP contribution in [0.25, 0.3) is 0 Å². The molecule has 0 aromatic carbocycles. The van der Waals surface area contributed by atoms with Gasteiger partial charge in [0.1, 0.15) is 12.1 Å². The lowest BCUT2D eigenvalue weighted by molar-refractivity contribution is -0.175. The maximum absolute atomic E-state index is 12.2. The van der Waals surface area contributed by atoms with Crippen LogP contribution in [-0.4, -0.2) is 56.6 Å². The number of carbonyl (C=O) groups excluding carboxylic acids is 4. The highest BCUT2D eigenvalue weighted by Gasteiger charge is 2.53. The molecular formula is C11H14N2O6. The van der Waals surface area contributed by atoms with Gasteiger partial charge in [0.15, 0.2) is 0 Å². The first-order valence-electron chi connectivity index (χ1n) is 5.49. The van der Waals surface area contributed by atoms with E-state index in [4.69, 9.17) is 5.11 Å². The Morgan fingerprint density at radius 3 is 2.11 bits per heavy atom. The van der Waals surface area contributed by atoms with Crippen molar-refractivity contribution in [3.8, 4) is 0 Å². The highest BCUT2D eigenvalue weighted by molar-refractivity contribution is 6.12. The number of aliphatic carboxylic acids is 1. The first-order chi connectivity index (χ1) is 8.61. The van der Waals surface area contributed by atoms with Gasteiger partial charge in [-0.1, -0.05) is 0 Å². The van der Waals surface area contributed by atoms with Crippen LogP contribution in [0.1, 0.15) is 27.2 Å². The number of amides is 4. The number of nitrogens with zero attached hydrogens (tertiary/aromatic N) is 2. The van der Waals surface area contributed by atoms with E-state index in [1.54, 1.807) is 0 Å². The Kier molecular flexibility index (Phi) is 3.73. The van der Waals surface area contributed by atoms with E-state index in [1.807, 2.05) is 0 Å². The fourth-order valence-electron chi connectivity index (χ4n) is 2.17. The third-order valence-corrected chi connectivity index (χ3v) is 2.93. The molecule has 0 radical (unpaired) electrons. The van der Waals surface area contributed by atoms with Crippen molar-refractivity contribution in [1.29, 1.82) is 0 Å². The number of rotatable bonds is 2. The number of carbonyl (C=O) groups is 5. The lowest BCUT2D eigenvalue weighted by Gasteiger charge is -2.44. The highest BCUT2D eigenvalue weighted by atomic mass is 16.4. The summed E-state index contributed by atoms with van der Waals surface area (Å²) in [6, 6.07) is 0. The van der Waals surface area contributed by atoms with Crippen LogP contribution in [0, 0.1) is 0 Å². The molecule has 1 fully saturated rings. The van der Waals surface area contributed by atoms with Crippen molar-refractivity contribution in [2.75, 3.05) is 6.54 Å². The maximum Gasteiger partial charge on any atom is 0.306 e. The molecule has 1 N–H and O–H groups in total. The monoisotopic (exact) mass is 270 g/mol. The minimum atomic E-state index is -1.88. The summed E-state index contributed by atoms with van der Waals surface area (Å²) >= 11 is 0. The van der Waals surface area contributed by atoms with Crippen LogP contribution in [-0.2, 0) is 24.0 Å². The molecule has 4 amide bonds.